The Bertz CT molecular complexity index is 1050. The fourth-order valence-electron chi connectivity index (χ4n) is 5.40. The minimum atomic E-state index is -1.13. The van der Waals surface area contributed by atoms with Crippen LogP contribution in [0.1, 0.15) is 40.0 Å². The summed E-state index contributed by atoms with van der Waals surface area (Å²) >= 11 is 0. The zero-order valence-corrected chi connectivity index (χ0v) is 16.1. The first-order valence-electron chi connectivity index (χ1n) is 10.1. The van der Waals surface area contributed by atoms with Gasteiger partial charge in [-0.25, -0.2) is 4.79 Å². The normalized spacial score (nSPS) is 26.7. The molecule has 3 amide bonds. The van der Waals surface area contributed by atoms with Gasteiger partial charge in [0.25, 0.3) is 5.91 Å². The van der Waals surface area contributed by atoms with E-state index in [1.54, 1.807) is 24.3 Å². The number of benzene rings is 2. The van der Waals surface area contributed by atoms with Gasteiger partial charge < -0.3 is 10.4 Å². The van der Waals surface area contributed by atoms with Gasteiger partial charge >= 0.3 is 5.97 Å². The lowest BCUT2D eigenvalue weighted by Gasteiger charge is -2.19. The first kappa shape index (κ1) is 18.5. The number of imide groups is 1. The Morgan fingerprint density at radius 2 is 1.50 bits per heavy atom. The van der Waals surface area contributed by atoms with E-state index in [-0.39, 0.29) is 34.9 Å². The van der Waals surface area contributed by atoms with E-state index in [1.165, 1.54) is 29.2 Å². The molecule has 0 radical (unpaired) electrons. The molecule has 7 nitrogen and oxygen atoms in total. The first-order chi connectivity index (χ1) is 14.5. The lowest BCUT2D eigenvalue weighted by atomic mass is 9.81. The van der Waals surface area contributed by atoms with Crippen LogP contribution in [0.15, 0.2) is 48.5 Å². The summed E-state index contributed by atoms with van der Waals surface area (Å²) in [5.74, 6) is -1.58. The fraction of sp³-hybridized carbons (Fsp3) is 0.304. The van der Waals surface area contributed by atoms with Crippen LogP contribution >= 0.6 is 0 Å². The molecule has 30 heavy (non-hydrogen) atoms. The highest BCUT2D eigenvalue weighted by Gasteiger charge is 2.61. The zero-order valence-electron chi connectivity index (χ0n) is 16.1. The summed E-state index contributed by atoms with van der Waals surface area (Å²) in [5, 5.41) is 11.8. The number of amides is 3. The van der Waals surface area contributed by atoms with Gasteiger partial charge in [-0.05, 0) is 67.5 Å². The largest absolute Gasteiger partial charge is 0.478 e. The summed E-state index contributed by atoms with van der Waals surface area (Å²) in [6.07, 6.45) is 3.03. The number of carbonyl (C=O) groups excluding carboxylic acids is 3. The molecule has 152 valence electrons. The number of nitrogens with one attached hydrogen (secondary N) is 1. The predicted octanol–water partition coefficient (Wildman–Crippen LogP) is 3.17. The standard InChI is InChI=1S/C23H20N2O5/c26-20(24-17-4-2-1-3-16(17)23(29)30)12-7-9-15(10-8-12)25-21(27)18-13-5-6-14(11-13)19(18)22(25)28/h1-4,7-10,13-14,18-19H,5-6,11H2,(H,24,26)(H,29,30)/t13-,14-,18-,19+/m0/s1. The minimum absolute atomic E-state index is 0.00287. The van der Waals surface area contributed by atoms with Gasteiger partial charge in [0.05, 0.1) is 28.8 Å². The van der Waals surface area contributed by atoms with Crippen LogP contribution < -0.4 is 10.2 Å². The first-order valence-corrected chi connectivity index (χ1v) is 10.1. The molecule has 2 bridgehead atoms. The second-order valence-electron chi connectivity index (χ2n) is 8.25. The van der Waals surface area contributed by atoms with Crippen molar-refractivity contribution >= 4 is 35.1 Å². The molecule has 1 heterocycles. The maximum Gasteiger partial charge on any atom is 0.337 e. The third-order valence-electron chi connectivity index (χ3n) is 6.72. The average molecular weight is 404 g/mol. The van der Waals surface area contributed by atoms with Crippen molar-refractivity contribution in [3.8, 4) is 0 Å². The topological polar surface area (TPSA) is 104 Å². The molecule has 4 atom stereocenters. The van der Waals surface area contributed by atoms with Gasteiger partial charge in [0.1, 0.15) is 0 Å². The van der Waals surface area contributed by atoms with Gasteiger partial charge in [0.2, 0.25) is 11.8 Å². The molecule has 2 aliphatic carbocycles. The van der Waals surface area contributed by atoms with Gasteiger partial charge in [-0.3, -0.25) is 19.3 Å². The summed E-state index contributed by atoms with van der Waals surface area (Å²) < 4.78 is 0. The molecular formula is C23H20N2O5. The quantitative estimate of drug-likeness (QED) is 0.762. The highest BCUT2D eigenvalue weighted by molar-refractivity contribution is 6.22. The zero-order chi connectivity index (χ0) is 21.0. The van der Waals surface area contributed by atoms with Crippen LogP contribution in [0.2, 0.25) is 0 Å². The van der Waals surface area contributed by atoms with Crippen molar-refractivity contribution in [2.24, 2.45) is 23.7 Å². The van der Waals surface area contributed by atoms with Gasteiger partial charge in [0.15, 0.2) is 0 Å². The average Bonchev–Trinajstić information content (AvgIpc) is 3.42. The van der Waals surface area contributed by atoms with Crippen molar-refractivity contribution < 1.29 is 24.3 Å². The molecule has 3 aliphatic rings. The number of carboxylic acid groups (broad SMARTS) is 1. The van der Waals surface area contributed by atoms with Crippen molar-refractivity contribution in [3.05, 3.63) is 59.7 Å². The Hall–Kier alpha value is -3.48. The maximum atomic E-state index is 12.9. The van der Waals surface area contributed by atoms with Crippen LogP contribution in [-0.2, 0) is 9.59 Å². The number of carboxylic acids is 1. The van der Waals surface area contributed by atoms with Crippen LogP contribution in [0.3, 0.4) is 0 Å². The van der Waals surface area contributed by atoms with Crippen molar-refractivity contribution in [2.75, 3.05) is 10.2 Å². The number of hydrogen-bond acceptors (Lipinski definition) is 4. The number of para-hydroxylation sites is 1. The van der Waals surface area contributed by atoms with E-state index >= 15 is 0 Å². The Morgan fingerprint density at radius 1 is 0.900 bits per heavy atom. The number of rotatable bonds is 4. The number of carbonyl (C=O) groups is 4. The summed E-state index contributed by atoms with van der Waals surface area (Å²) in [6.45, 7) is 0. The second-order valence-corrected chi connectivity index (χ2v) is 8.25. The van der Waals surface area contributed by atoms with Gasteiger partial charge in [0, 0.05) is 5.56 Å². The van der Waals surface area contributed by atoms with Gasteiger partial charge in [-0.15, -0.1) is 0 Å². The Kier molecular flexibility index (Phi) is 4.20. The van der Waals surface area contributed by atoms with E-state index in [0.717, 1.165) is 19.3 Å². The molecule has 2 saturated carbocycles. The van der Waals surface area contributed by atoms with Gasteiger partial charge in [-0.2, -0.15) is 0 Å². The smallest absolute Gasteiger partial charge is 0.337 e. The second kappa shape index (κ2) is 6.79. The highest BCUT2D eigenvalue weighted by atomic mass is 16.4. The number of anilines is 2. The Labute approximate surface area is 172 Å². The Balaban J connectivity index is 1.35. The molecular weight excluding hydrogens is 384 g/mol. The van der Waals surface area contributed by atoms with Crippen molar-refractivity contribution in [2.45, 2.75) is 19.3 Å². The Morgan fingerprint density at radius 3 is 2.10 bits per heavy atom. The summed E-state index contributed by atoms with van der Waals surface area (Å²) in [5.41, 5.74) is 0.976. The van der Waals surface area contributed by atoms with Crippen LogP contribution in [0, 0.1) is 23.7 Å². The maximum absolute atomic E-state index is 12.9. The number of aromatic carboxylic acids is 1. The van der Waals surface area contributed by atoms with Crippen molar-refractivity contribution in [3.63, 3.8) is 0 Å². The van der Waals surface area contributed by atoms with E-state index in [9.17, 15) is 24.3 Å². The van der Waals surface area contributed by atoms with E-state index in [1.807, 2.05) is 0 Å². The molecule has 7 heteroatoms. The predicted molar refractivity (Wildman–Crippen MR) is 108 cm³/mol. The van der Waals surface area contributed by atoms with E-state index in [0.29, 0.717) is 23.1 Å². The molecule has 2 aromatic carbocycles. The molecule has 2 aromatic rings. The molecule has 2 N–H and O–H groups in total. The summed E-state index contributed by atoms with van der Waals surface area (Å²) in [6, 6.07) is 12.4. The van der Waals surface area contributed by atoms with Crippen LogP contribution in [-0.4, -0.2) is 28.8 Å². The van der Waals surface area contributed by atoms with Crippen molar-refractivity contribution in [1.82, 2.24) is 0 Å². The molecule has 3 fully saturated rings. The molecule has 1 saturated heterocycles. The van der Waals surface area contributed by atoms with E-state index in [4.69, 9.17) is 0 Å². The monoisotopic (exact) mass is 404 g/mol. The lowest BCUT2D eigenvalue weighted by molar-refractivity contribution is -0.123. The third-order valence-corrected chi connectivity index (χ3v) is 6.72. The van der Waals surface area contributed by atoms with Crippen LogP contribution in [0.25, 0.3) is 0 Å². The van der Waals surface area contributed by atoms with Crippen LogP contribution in [0.5, 0.6) is 0 Å². The SMILES string of the molecule is O=C(Nc1ccccc1C(=O)O)c1ccc(N2C(=O)[C@@H]3[C@H]4CC[C@@H](C4)[C@@H]3C2=O)cc1. The summed E-state index contributed by atoms with van der Waals surface area (Å²) in [7, 11) is 0. The molecule has 0 aromatic heterocycles. The number of hydrogen-bond donors (Lipinski definition) is 2. The number of fused-ring (bicyclic) bond motifs is 5. The number of nitrogens with zero attached hydrogens (tertiary/aromatic N) is 1. The lowest BCUT2D eigenvalue weighted by Crippen LogP contribution is -2.32. The fourth-order valence-corrected chi connectivity index (χ4v) is 5.40. The van der Waals surface area contributed by atoms with E-state index < -0.39 is 11.9 Å². The molecule has 0 unspecified atom stereocenters. The van der Waals surface area contributed by atoms with Gasteiger partial charge in [-0.1, -0.05) is 12.1 Å². The van der Waals surface area contributed by atoms with E-state index in [2.05, 4.69) is 5.32 Å². The minimum Gasteiger partial charge on any atom is -0.478 e. The third kappa shape index (κ3) is 2.73. The summed E-state index contributed by atoms with van der Waals surface area (Å²) in [4.78, 5) is 51.0. The van der Waals surface area contributed by atoms with Crippen LogP contribution in [0.4, 0.5) is 11.4 Å². The highest BCUT2D eigenvalue weighted by Crippen LogP contribution is 2.56. The molecule has 1 aliphatic heterocycles. The van der Waals surface area contributed by atoms with Crippen molar-refractivity contribution in [1.29, 1.82) is 0 Å². The molecule has 0 spiro atoms. The molecule has 5 rings (SSSR count).